The molecule has 4 heteroatoms. The minimum Gasteiger partial charge on any atom is -0.465 e. The molecule has 1 heterocycles. The SMILES string of the molecule is C=C.CC1(C)COC(=O)CCCCC(=O)OC1. The van der Waals surface area contributed by atoms with E-state index < -0.39 is 0 Å². The highest BCUT2D eigenvalue weighted by Gasteiger charge is 2.23. The normalized spacial score (nSPS) is 21.1. The molecular formula is C13H22O4. The molecule has 0 aromatic carbocycles. The van der Waals surface area contributed by atoms with Crippen molar-refractivity contribution in [2.24, 2.45) is 5.41 Å². The fourth-order valence-electron chi connectivity index (χ4n) is 1.28. The topological polar surface area (TPSA) is 52.6 Å². The van der Waals surface area contributed by atoms with Crippen molar-refractivity contribution in [3.8, 4) is 0 Å². The highest BCUT2D eigenvalue weighted by molar-refractivity contribution is 5.70. The summed E-state index contributed by atoms with van der Waals surface area (Å²) in [5.41, 5.74) is -0.296. The van der Waals surface area contributed by atoms with Gasteiger partial charge in [0.2, 0.25) is 0 Å². The zero-order valence-corrected chi connectivity index (χ0v) is 10.8. The van der Waals surface area contributed by atoms with Gasteiger partial charge in [-0.2, -0.15) is 0 Å². The van der Waals surface area contributed by atoms with Crippen LogP contribution in [0.15, 0.2) is 13.2 Å². The van der Waals surface area contributed by atoms with Crippen LogP contribution in [0.5, 0.6) is 0 Å². The van der Waals surface area contributed by atoms with Gasteiger partial charge in [0.25, 0.3) is 0 Å². The Kier molecular flexibility index (Phi) is 7.26. The molecule has 0 amide bonds. The standard InChI is InChI=1S/C11H18O4.C2H4/c1-11(2)7-14-9(12)5-3-4-6-10(13)15-8-11;1-2/h3-8H2,1-2H3;1-2H2. The number of cyclic esters (lactones) is 2. The van der Waals surface area contributed by atoms with E-state index in [0.717, 1.165) is 0 Å². The monoisotopic (exact) mass is 242 g/mol. The lowest BCUT2D eigenvalue weighted by molar-refractivity contribution is -0.151. The third-order valence-corrected chi connectivity index (χ3v) is 2.26. The van der Waals surface area contributed by atoms with E-state index in [-0.39, 0.29) is 17.4 Å². The summed E-state index contributed by atoms with van der Waals surface area (Å²) in [6.07, 6.45) is 2.16. The first-order valence-electron chi connectivity index (χ1n) is 5.81. The van der Waals surface area contributed by atoms with Crippen LogP contribution < -0.4 is 0 Å². The number of carbonyl (C=O) groups is 2. The average molecular weight is 242 g/mol. The van der Waals surface area contributed by atoms with Crippen LogP contribution in [-0.2, 0) is 19.1 Å². The lowest BCUT2D eigenvalue weighted by atomic mass is 9.96. The molecular weight excluding hydrogens is 220 g/mol. The maximum Gasteiger partial charge on any atom is 0.305 e. The Morgan fingerprint density at radius 3 is 1.65 bits per heavy atom. The Hall–Kier alpha value is -1.32. The zero-order chi connectivity index (χ0) is 13.3. The molecule has 0 atom stereocenters. The Morgan fingerprint density at radius 2 is 1.29 bits per heavy atom. The molecule has 0 spiro atoms. The summed E-state index contributed by atoms with van der Waals surface area (Å²) in [6, 6.07) is 0. The van der Waals surface area contributed by atoms with Gasteiger partial charge in [0, 0.05) is 18.3 Å². The first-order valence-corrected chi connectivity index (χ1v) is 5.81. The van der Waals surface area contributed by atoms with E-state index in [9.17, 15) is 9.59 Å². The van der Waals surface area contributed by atoms with Crippen LogP contribution >= 0.6 is 0 Å². The summed E-state index contributed by atoms with van der Waals surface area (Å²) in [6.45, 7) is 10.4. The van der Waals surface area contributed by atoms with Crippen LogP contribution in [0.1, 0.15) is 39.5 Å². The maximum absolute atomic E-state index is 11.2. The Bertz CT molecular complexity index is 234. The number of carbonyl (C=O) groups excluding carboxylic acids is 2. The minimum atomic E-state index is -0.296. The maximum atomic E-state index is 11.2. The molecule has 17 heavy (non-hydrogen) atoms. The predicted molar refractivity (Wildman–Crippen MR) is 65.4 cm³/mol. The Labute approximate surface area is 103 Å². The summed E-state index contributed by atoms with van der Waals surface area (Å²) < 4.78 is 10.2. The summed E-state index contributed by atoms with van der Waals surface area (Å²) in [5, 5.41) is 0. The smallest absolute Gasteiger partial charge is 0.305 e. The lowest BCUT2D eigenvalue weighted by Gasteiger charge is -2.23. The van der Waals surface area contributed by atoms with Crippen molar-refractivity contribution in [1.29, 1.82) is 0 Å². The van der Waals surface area contributed by atoms with Gasteiger partial charge in [-0.05, 0) is 12.8 Å². The molecule has 1 rings (SSSR count). The first kappa shape index (κ1) is 15.7. The lowest BCUT2D eigenvalue weighted by Crippen LogP contribution is -2.28. The third kappa shape index (κ3) is 7.55. The first-order chi connectivity index (χ1) is 7.99. The van der Waals surface area contributed by atoms with Gasteiger partial charge in [0.15, 0.2) is 0 Å². The highest BCUT2D eigenvalue weighted by Crippen LogP contribution is 2.18. The van der Waals surface area contributed by atoms with Crippen molar-refractivity contribution < 1.29 is 19.1 Å². The van der Waals surface area contributed by atoms with E-state index in [4.69, 9.17) is 9.47 Å². The number of esters is 2. The highest BCUT2D eigenvalue weighted by atomic mass is 16.5. The van der Waals surface area contributed by atoms with Crippen LogP contribution in [0, 0.1) is 5.41 Å². The van der Waals surface area contributed by atoms with Gasteiger partial charge in [0.05, 0.1) is 13.2 Å². The van der Waals surface area contributed by atoms with Crippen LogP contribution in [0.2, 0.25) is 0 Å². The molecule has 1 fully saturated rings. The third-order valence-electron chi connectivity index (χ3n) is 2.26. The van der Waals surface area contributed by atoms with E-state index in [0.29, 0.717) is 38.9 Å². The summed E-state index contributed by atoms with van der Waals surface area (Å²) in [5.74, 6) is -0.366. The zero-order valence-electron chi connectivity index (χ0n) is 10.8. The molecule has 0 bridgehead atoms. The molecule has 98 valence electrons. The van der Waals surface area contributed by atoms with Crippen LogP contribution in [0.3, 0.4) is 0 Å². The summed E-state index contributed by atoms with van der Waals surface area (Å²) in [7, 11) is 0. The van der Waals surface area contributed by atoms with Crippen molar-refractivity contribution in [3.63, 3.8) is 0 Å². The second kappa shape index (κ2) is 7.87. The van der Waals surface area contributed by atoms with E-state index in [1.807, 2.05) is 13.8 Å². The van der Waals surface area contributed by atoms with Crippen molar-refractivity contribution in [1.82, 2.24) is 0 Å². The molecule has 0 aromatic heterocycles. The van der Waals surface area contributed by atoms with Gasteiger partial charge >= 0.3 is 11.9 Å². The van der Waals surface area contributed by atoms with E-state index >= 15 is 0 Å². The molecule has 0 radical (unpaired) electrons. The fraction of sp³-hybridized carbons (Fsp3) is 0.692. The predicted octanol–water partition coefficient (Wildman–Crippen LogP) is 2.48. The van der Waals surface area contributed by atoms with Crippen molar-refractivity contribution in [2.45, 2.75) is 39.5 Å². The quantitative estimate of drug-likeness (QED) is 0.483. The van der Waals surface area contributed by atoms with Crippen LogP contribution in [0.4, 0.5) is 0 Å². The number of ether oxygens (including phenoxy) is 2. The van der Waals surface area contributed by atoms with Crippen molar-refractivity contribution in [2.75, 3.05) is 13.2 Å². The van der Waals surface area contributed by atoms with Gasteiger partial charge in [-0.15, -0.1) is 13.2 Å². The minimum absolute atomic E-state index is 0.183. The van der Waals surface area contributed by atoms with Gasteiger partial charge in [-0.3, -0.25) is 9.59 Å². The molecule has 0 unspecified atom stereocenters. The molecule has 0 aromatic rings. The van der Waals surface area contributed by atoms with Gasteiger partial charge in [-0.25, -0.2) is 0 Å². The van der Waals surface area contributed by atoms with Crippen LogP contribution in [-0.4, -0.2) is 25.2 Å². The number of hydrogen-bond acceptors (Lipinski definition) is 4. The molecule has 0 aliphatic carbocycles. The summed E-state index contributed by atoms with van der Waals surface area (Å²) >= 11 is 0. The fourth-order valence-corrected chi connectivity index (χ4v) is 1.28. The van der Waals surface area contributed by atoms with E-state index in [1.165, 1.54) is 0 Å². The molecule has 0 saturated carbocycles. The molecule has 1 aliphatic rings. The number of hydrogen-bond donors (Lipinski definition) is 0. The number of rotatable bonds is 0. The molecule has 4 nitrogen and oxygen atoms in total. The van der Waals surface area contributed by atoms with Gasteiger partial charge < -0.3 is 9.47 Å². The van der Waals surface area contributed by atoms with Gasteiger partial charge in [-0.1, -0.05) is 13.8 Å². The van der Waals surface area contributed by atoms with Gasteiger partial charge in [0.1, 0.15) is 0 Å². The molecule has 1 saturated heterocycles. The summed E-state index contributed by atoms with van der Waals surface area (Å²) in [4.78, 5) is 22.5. The largest absolute Gasteiger partial charge is 0.465 e. The average Bonchev–Trinajstić information content (AvgIpc) is 2.34. The van der Waals surface area contributed by atoms with E-state index in [1.54, 1.807) is 0 Å². The van der Waals surface area contributed by atoms with E-state index in [2.05, 4.69) is 13.2 Å². The molecule has 0 N–H and O–H groups in total. The molecule has 1 aliphatic heterocycles. The van der Waals surface area contributed by atoms with Crippen molar-refractivity contribution >= 4 is 11.9 Å². The second-order valence-electron chi connectivity index (χ2n) is 4.69. The second-order valence-corrected chi connectivity index (χ2v) is 4.69. The Morgan fingerprint density at radius 1 is 0.941 bits per heavy atom. The van der Waals surface area contributed by atoms with Crippen molar-refractivity contribution in [3.05, 3.63) is 13.2 Å². The Balaban J connectivity index is 0.00000121. The van der Waals surface area contributed by atoms with Crippen LogP contribution in [0.25, 0.3) is 0 Å².